The first-order chi connectivity index (χ1) is 12.4. The summed E-state index contributed by atoms with van der Waals surface area (Å²) in [6.45, 7) is 5.49. The van der Waals surface area contributed by atoms with E-state index in [1.807, 2.05) is 13.0 Å². The van der Waals surface area contributed by atoms with Crippen LogP contribution in [-0.2, 0) is 4.57 Å². The van der Waals surface area contributed by atoms with E-state index in [0.29, 0.717) is 23.2 Å². The van der Waals surface area contributed by atoms with Crippen LogP contribution in [0, 0.1) is 20.8 Å². The van der Waals surface area contributed by atoms with E-state index in [1.54, 1.807) is 13.8 Å². The summed E-state index contributed by atoms with van der Waals surface area (Å²) in [5.74, 6) is 0.789. The molecule has 0 fully saturated rings. The molecule has 0 aliphatic rings. The van der Waals surface area contributed by atoms with E-state index < -0.39 is 7.82 Å². The predicted molar refractivity (Wildman–Crippen MR) is 102 cm³/mol. The topological polar surface area (TPSA) is 161 Å². The molecular formula is C15H17N5NaO5P. The number of aryl methyl sites for hydroxylation is 2. The molecule has 3 aromatic rings. The number of hydrogen-bond acceptors (Lipinski definition) is 6. The minimum atomic E-state index is -4.64. The molecule has 0 bridgehead atoms. The third-order valence-electron chi connectivity index (χ3n) is 3.67. The molecule has 0 radical (unpaired) electrons. The normalized spacial score (nSPS) is 11.1. The third-order valence-corrected chi connectivity index (χ3v) is 4.29. The molecule has 0 spiro atoms. The first-order valence-electron chi connectivity index (χ1n) is 7.82. The molecule has 0 unspecified atom stereocenters. The van der Waals surface area contributed by atoms with Gasteiger partial charge in [0.05, 0.1) is 0 Å². The molecule has 1 aromatic carbocycles. The second-order valence-corrected chi connectivity index (χ2v) is 8.10. The summed E-state index contributed by atoms with van der Waals surface area (Å²) >= 11 is 0.972. The maximum Gasteiger partial charge on any atom is 0.466 e. The number of aromatic nitrogens is 4. The van der Waals surface area contributed by atoms with Crippen molar-refractivity contribution in [2.24, 2.45) is 0 Å². The van der Waals surface area contributed by atoms with Gasteiger partial charge in [-0.3, -0.25) is 0 Å². The maximum absolute atomic E-state index is 11.8. The Labute approximate surface area is 171 Å². The van der Waals surface area contributed by atoms with Crippen molar-refractivity contribution in [3.05, 3.63) is 45.5 Å². The summed E-state index contributed by atoms with van der Waals surface area (Å²) in [6, 6.07) is 6.21. The van der Waals surface area contributed by atoms with Gasteiger partial charge in [-0.15, -0.1) is 0 Å². The quantitative estimate of drug-likeness (QED) is 0.299. The van der Waals surface area contributed by atoms with Crippen LogP contribution >= 0.6 is 7.82 Å². The number of anilines is 2. The van der Waals surface area contributed by atoms with Gasteiger partial charge in [0.2, 0.25) is 0 Å². The molecule has 12 heteroatoms. The van der Waals surface area contributed by atoms with Gasteiger partial charge in [-0.05, 0) is 0 Å². The fourth-order valence-electron chi connectivity index (χ4n) is 2.26. The van der Waals surface area contributed by atoms with Crippen LogP contribution in [0.5, 0.6) is 0 Å². The molecule has 10 nitrogen and oxygen atoms in total. The number of fused-ring (bicyclic) bond motifs is 1. The van der Waals surface area contributed by atoms with E-state index in [4.69, 9.17) is 19.2 Å². The number of H-pyrrole nitrogens is 1. The SMILES string of the molecule is Cc1nc(Nc2nc(C)c3cc[c]([Na])cc3n2)[nH]c(=O)c1C.O=P(O)(O)O. The van der Waals surface area contributed by atoms with Gasteiger partial charge in [-0.25, -0.2) is 4.57 Å². The van der Waals surface area contributed by atoms with Gasteiger partial charge in [0.15, 0.2) is 0 Å². The molecule has 27 heavy (non-hydrogen) atoms. The van der Waals surface area contributed by atoms with Gasteiger partial charge in [-0.1, -0.05) is 0 Å². The molecule has 0 atom stereocenters. The van der Waals surface area contributed by atoms with Crippen LogP contribution in [0.15, 0.2) is 23.0 Å². The average Bonchev–Trinajstić information content (AvgIpc) is 2.50. The standard InChI is InChI=1S/C15H14N5O.Na.H3O4P/c1-8-9(2)16-15(19-13(8)21)20-14-17-10(3)11-6-4-5-7-12(11)18-14;;1-5(2,3)4/h4,6-7H,1-3H3,(H2,16,17,18,19,20,21);;(H3,1,2,3,4). The van der Waals surface area contributed by atoms with Gasteiger partial charge in [0, 0.05) is 0 Å². The molecule has 2 heterocycles. The van der Waals surface area contributed by atoms with E-state index in [0.717, 1.165) is 44.5 Å². The number of nitrogens with one attached hydrogen (secondary N) is 2. The second kappa shape index (κ2) is 8.57. The number of hydrogen-bond donors (Lipinski definition) is 5. The van der Waals surface area contributed by atoms with E-state index in [-0.39, 0.29) is 5.56 Å². The zero-order valence-corrected chi connectivity index (χ0v) is 18.1. The zero-order chi connectivity index (χ0) is 20.4. The molecular weight excluding hydrogens is 384 g/mol. The minimum Gasteiger partial charge on any atom is -0.303 e. The summed E-state index contributed by atoms with van der Waals surface area (Å²) in [7, 11) is -4.64. The Balaban J connectivity index is 0.000000465. The summed E-state index contributed by atoms with van der Waals surface area (Å²) in [4.78, 5) is 49.3. The predicted octanol–water partition coefficient (Wildman–Crippen LogP) is 0.247. The van der Waals surface area contributed by atoms with E-state index >= 15 is 0 Å². The van der Waals surface area contributed by atoms with Gasteiger partial charge in [-0.2, -0.15) is 0 Å². The number of rotatable bonds is 2. The van der Waals surface area contributed by atoms with Crippen LogP contribution in [0.1, 0.15) is 17.0 Å². The third kappa shape index (κ3) is 6.47. The summed E-state index contributed by atoms with van der Waals surface area (Å²) in [5.41, 5.74) is 2.93. The van der Waals surface area contributed by atoms with Crippen LogP contribution in [0.25, 0.3) is 10.9 Å². The maximum atomic E-state index is 11.8. The van der Waals surface area contributed by atoms with Crippen molar-refractivity contribution in [3.63, 3.8) is 0 Å². The fraction of sp³-hybridized carbons (Fsp3) is 0.200. The Hall–Kier alpha value is -1.65. The molecule has 0 aliphatic carbocycles. The summed E-state index contributed by atoms with van der Waals surface area (Å²) in [5, 5.41) is 4.02. The molecule has 5 N–H and O–H groups in total. The van der Waals surface area contributed by atoms with Crippen molar-refractivity contribution in [2.75, 3.05) is 5.32 Å². The number of nitrogens with zero attached hydrogens (tertiary/aromatic N) is 3. The Morgan fingerprint density at radius 2 is 1.70 bits per heavy atom. The number of benzene rings is 1. The zero-order valence-electron chi connectivity index (χ0n) is 15.2. The van der Waals surface area contributed by atoms with Crippen LogP contribution in [0.3, 0.4) is 0 Å². The van der Waals surface area contributed by atoms with Crippen LogP contribution in [0.4, 0.5) is 11.9 Å². The Kier molecular flexibility index (Phi) is 6.87. The van der Waals surface area contributed by atoms with Crippen molar-refractivity contribution >= 4 is 61.4 Å². The summed E-state index contributed by atoms with van der Waals surface area (Å²) < 4.78 is 10.2. The largest absolute Gasteiger partial charge is 0.466 e. The van der Waals surface area contributed by atoms with Gasteiger partial charge < -0.3 is 14.7 Å². The first-order valence-corrected chi connectivity index (χ1v) is 10.4. The van der Waals surface area contributed by atoms with Crippen molar-refractivity contribution in [1.82, 2.24) is 19.9 Å². The van der Waals surface area contributed by atoms with Crippen molar-refractivity contribution in [1.29, 1.82) is 0 Å². The average molecular weight is 401 g/mol. The molecule has 0 amide bonds. The van der Waals surface area contributed by atoms with Crippen molar-refractivity contribution in [2.45, 2.75) is 20.8 Å². The number of aromatic amines is 1. The molecule has 0 aliphatic heterocycles. The van der Waals surface area contributed by atoms with Crippen molar-refractivity contribution < 1.29 is 19.2 Å². The van der Waals surface area contributed by atoms with Gasteiger partial charge in [0.25, 0.3) is 0 Å². The van der Waals surface area contributed by atoms with Crippen molar-refractivity contribution in [3.8, 4) is 0 Å². The molecule has 3 rings (SSSR count). The Bertz CT molecular complexity index is 1090. The smallest absolute Gasteiger partial charge is 0.303 e. The fourth-order valence-corrected chi connectivity index (χ4v) is 2.70. The molecule has 138 valence electrons. The van der Waals surface area contributed by atoms with Gasteiger partial charge >= 0.3 is 153 Å². The Morgan fingerprint density at radius 1 is 1.07 bits per heavy atom. The summed E-state index contributed by atoms with van der Waals surface area (Å²) in [6.07, 6.45) is 0. The molecule has 2 aromatic heterocycles. The van der Waals surface area contributed by atoms with E-state index in [9.17, 15) is 4.79 Å². The Morgan fingerprint density at radius 3 is 2.30 bits per heavy atom. The monoisotopic (exact) mass is 401 g/mol. The van der Waals surface area contributed by atoms with Crippen LogP contribution in [-0.4, -0.2) is 62.5 Å². The number of phosphoric acid groups is 1. The minimum absolute atomic E-state index is 0.158. The van der Waals surface area contributed by atoms with Gasteiger partial charge in [0.1, 0.15) is 0 Å². The van der Waals surface area contributed by atoms with Crippen LogP contribution in [0.2, 0.25) is 0 Å². The second-order valence-electron chi connectivity index (χ2n) is 5.92. The van der Waals surface area contributed by atoms with Crippen LogP contribution < -0.4 is 13.7 Å². The molecule has 0 saturated carbocycles. The van der Waals surface area contributed by atoms with E-state index in [1.165, 1.54) is 2.81 Å². The molecule has 0 saturated heterocycles. The first kappa shape index (κ1) is 21.6. The van der Waals surface area contributed by atoms with E-state index in [2.05, 4.69) is 37.4 Å².